The molecule has 0 atom stereocenters. The summed E-state index contributed by atoms with van der Waals surface area (Å²) in [7, 11) is 0. The van der Waals surface area contributed by atoms with E-state index < -0.39 is 36.3 Å². The van der Waals surface area contributed by atoms with Crippen LogP contribution in [0.15, 0.2) is 182 Å². The Morgan fingerprint density at radius 3 is 1.57 bits per heavy atom. The highest BCUT2D eigenvalue weighted by Crippen LogP contribution is 2.46. The molecule has 2 nitrogen and oxygen atoms in total. The first kappa shape index (κ1) is 18.7. The lowest BCUT2D eigenvalue weighted by atomic mass is 9.84. The lowest BCUT2D eigenvalue weighted by Crippen LogP contribution is -1.98. The molecule has 0 saturated carbocycles. The summed E-state index contributed by atoms with van der Waals surface area (Å²) < 4.78 is 86.7. The molecular formula is C45H30N2. The first-order chi connectivity index (χ1) is 27.5. The Bertz CT molecular complexity index is 3020. The second-order valence-electron chi connectivity index (χ2n) is 11.2. The monoisotopic (exact) mass is 608 g/mol. The number of benzene rings is 8. The van der Waals surface area contributed by atoms with Crippen LogP contribution in [-0.2, 0) is 0 Å². The molecule has 47 heavy (non-hydrogen) atoms. The zero-order chi connectivity index (χ0) is 39.9. The van der Waals surface area contributed by atoms with E-state index in [2.05, 4.69) is 12.1 Å². The number of rotatable bonds is 5. The second-order valence-corrected chi connectivity index (χ2v) is 11.2. The molecule has 0 radical (unpaired) electrons. The van der Waals surface area contributed by atoms with Crippen LogP contribution in [-0.4, -0.2) is 9.55 Å². The molecule has 1 heterocycles. The third-order valence-corrected chi connectivity index (χ3v) is 8.60. The highest BCUT2D eigenvalue weighted by Gasteiger charge is 2.19. The van der Waals surface area contributed by atoms with Crippen molar-refractivity contribution in [1.29, 1.82) is 0 Å². The minimum absolute atomic E-state index is 0.0118. The molecule has 9 rings (SSSR count). The van der Waals surface area contributed by atoms with Crippen LogP contribution in [0.2, 0.25) is 0 Å². The lowest BCUT2D eigenvalue weighted by molar-refractivity contribution is 1.10. The SMILES string of the molecule is [2H]c1c([2H])c([2H])c(-c2ccccc2-c2c3ccccc3c(-c3ccc(-n4c(-c5c([2H])c([2H])c([2H])c([2H])c5[2H])nc5ccccc54)cc3)c3ccccc23)c([2H])c1[2H]. The Morgan fingerprint density at radius 1 is 0.426 bits per heavy atom. The maximum absolute atomic E-state index is 8.81. The molecule has 2 heteroatoms. The van der Waals surface area contributed by atoms with Gasteiger partial charge in [0, 0.05) is 11.3 Å². The Morgan fingerprint density at radius 2 is 0.936 bits per heavy atom. The van der Waals surface area contributed by atoms with Gasteiger partial charge in [-0.1, -0.05) is 157 Å². The van der Waals surface area contributed by atoms with Crippen LogP contribution < -0.4 is 0 Å². The van der Waals surface area contributed by atoms with Crippen molar-refractivity contribution in [2.45, 2.75) is 0 Å². The molecule has 0 bridgehead atoms. The van der Waals surface area contributed by atoms with Gasteiger partial charge in [-0.2, -0.15) is 0 Å². The van der Waals surface area contributed by atoms with Crippen molar-refractivity contribution in [3.8, 4) is 50.5 Å². The molecule has 0 aliphatic carbocycles. The third-order valence-electron chi connectivity index (χ3n) is 8.60. The summed E-state index contributed by atoms with van der Waals surface area (Å²) in [6.07, 6.45) is 0. The van der Waals surface area contributed by atoms with Crippen molar-refractivity contribution in [3.05, 3.63) is 182 Å². The molecule has 220 valence electrons. The molecule has 0 unspecified atom stereocenters. The van der Waals surface area contributed by atoms with Gasteiger partial charge in [-0.05, 0) is 79.2 Å². The minimum Gasteiger partial charge on any atom is -0.292 e. The van der Waals surface area contributed by atoms with E-state index in [1.54, 1.807) is 6.07 Å². The van der Waals surface area contributed by atoms with Crippen LogP contribution in [0.5, 0.6) is 0 Å². The molecule has 0 N–H and O–H groups in total. The number of para-hydroxylation sites is 2. The van der Waals surface area contributed by atoms with Crippen molar-refractivity contribution >= 4 is 32.6 Å². The van der Waals surface area contributed by atoms with Gasteiger partial charge >= 0.3 is 0 Å². The van der Waals surface area contributed by atoms with Crippen LogP contribution in [0.3, 0.4) is 0 Å². The van der Waals surface area contributed by atoms with Crippen LogP contribution in [0, 0.1) is 0 Å². The number of imidazole rings is 1. The van der Waals surface area contributed by atoms with E-state index in [-0.39, 0.29) is 41.1 Å². The summed E-state index contributed by atoms with van der Waals surface area (Å²) >= 11 is 0. The summed E-state index contributed by atoms with van der Waals surface area (Å²) in [6, 6.07) is 35.1. The average molecular weight is 609 g/mol. The summed E-state index contributed by atoms with van der Waals surface area (Å²) in [4.78, 5) is 4.79. The van der Waals surface area contributed by atoms with E-state index in [1.807, 2.05) is 108 Å². The average Bonchev–Trinajstić information content (AvgIpc) is 3.62. The van der Waals surface area contributed by atoms with Gasteiger partial charge < -0.3 is 0 Å². The fraction of sp³-hybridized carbons (Fsp3) is 0. The van der Waals surface area contributed by atoms with Gasteiger partial charge in [0.1, 0.15) is 5.82 Å². The first-order valence-electron chi connectivity index (χ1n) is 20.2. The van der Waals surface area contributed by atoms with E-state index in [0.29, 0.717) is 22.3 Å². The maximum Gasteiger partial charge on any atom is 0.145 e. The topological polar surface area (TPSA) is 17.8 Å². The maximum atomic E-state index is 8.81. The summed E-state index contributed by atoms with van der Waals surface area (Å²) in [5.41, 5.74) is 6.18. The van der Waals surface area contributed by atoms with E-state index in [9.17, 15) is 0 Å². The van der Waals surface area contributed by atoms with Crippen LogP contribution in [0.1, 0.15) is 13.7 Å². The van der Waals surface area contributed by atoms with Gasteiger partial charge in [-0.3, -0.25) is 4.57 Å². The number of aromatic nitrogens is 2. The largest absolute Gasteiger partial charge is 0.292 e. The molecule has 0 fully saturated rings. The van der Waals surface area contributed by atoms with Crippen molar-refractivity contribution in [1.82, 2.24) is 9.55 Å². The van der Waals surface area contributed by atoms with Gasteiger partial charge in [0.05, 0.1) is 24.7 Å². The fourth-order valence-corrected chi connectivity index (χ4v) is 6.63. The zero-order valence-electron chi connectivity index (χ0n) is 34.9. The number of hydrogen-bond donors (Lipinski definition) is 0. The molecule has 0 aliphatic rings. The highest BCUT2D eigenvalue weighted by atomic mass is 15.1. The Labute approximate surface area is 287 Å². The summed E-state index contributed by atoms with van der Waals surface area (Å²) in [5, 5.41) is 3.73. The van der Waals surface area contributed by atoms with Crippen molar-refractivity contribution < 1.29 is 13.7 Å². The van der Waals surface area contributed by atoms with Gasteiger partial charge in [0.15, 0.2) is 0 Å². The normalized spacial score (nSPS) is 14.4. The molecule has 0 saturated heterocycles. The molecule has 8 aromatic carbocycles. The van der Waals surface area contributed by atoms with E-state index in [0.717, 1.165) is 43.8 Å². The minimum atomic E-state index is -0.469. The van der Waals surface area contributed by atoms with Crippen molar-refractivity contribution in [2.75, 3.05) is 0 Å². The van der Waals surface area contributed by atoms with Gasteiger partial charge in [0.2, 0.25) is 0 Å². The van der Waals surface area contributed by atoms with E-state index in [4.69, 9.17) is 18.7 Å². The third kappa shape index (κ3) is 4.54. The summed E-state index contributed by atoms with van der Waals surface area (Å²) in [5.74, 6) is 0.235. The number of hydrogen-bond acceptors (Lipinski definition) is 1. The van der Waals surface area contributed by atoms with Gasteiger partial charge in [-0.15, -0.1) is 0 Å². The standard InChI is InChI=1S/C45H30N2/c1-3-15-31(16-4-1)35-19-7-8-20-36(35)44-39-23-11-9-21-37(39)43(38-22-10-12-24-40(38)44)32-27-29-34(30-28-32)47-42-26-14-13-25-41(42)46-45(47)33-17-5-2-6-18-33/h1-30H/i1D,2D,3D,4D,5D,6D,15D,16D,17D,18D. The summed E-state index contributed by atoms with van der Waals surface area (Å²) in [6.45, 7) is 0. The van der Waals surface area contributed by atoms with E-state index in [1.165, 1.54) is 0 Å². The van der Waals surface area contributed by atoms with Crippen LogP contribution >= 0.6 is 0 Å². The molecule has 0 aliphatic heterocycles. The van der Waals surface area contributed by atoms with Gasteiger partial charge in [0.25, 0.3) is 0 Å². The number of fused-ring (bicyclic) bond motifs is 3. The Kier molecular flexibility index (Phi) is 4.48. The second kappa shape index (κ2) is 11.3. The lowest BCUT2D eigenvalue weighted by Gasteiger charge is -2.20. The molecule has 0 spiro atoms. The molecular weight excluding hydrogens is 569 g/mol. The Hall–Kier alpha value is -6.25. The van der Waals surface area contributed by atoms with Crippen LogP contribution in [0.4, 0.5) is 0 Å². The van der Waals surface area contributed by atoms with E-state index >= 15 is 0 Å². The van der Waals surface area contributed by atoms with Crippen molar-refractivity contribution in [2.24, 2.45) is 0 Å². The first-order valence-corrected chi connectivity index (χ1v) is 15.2. The predicted octanol–water partition coefficient (Wildman–Crippen LogP) is 12.0. The highest BCUT2D eigenvalue weighted by molar-refractivity contribution is 6.22. The predicted molar refractivity (Wildman–Crippen MR) is 198 cm³/mol. The smallest absolute Gasteiger partial charge is 0.145 e. The van der Waals surface area contributed by atoms with Gasteiger partial charge in [-0.25, -0.2) is 4.98 Å². The van der Waals surface area contributed by atoms with Crippen LogP contribution in [0.25, 0.3) is 83.0 Å². The quantitative estimate of drug-likeness (QED) is 0.178. The Balaban J connectivity index is 1.27. The molecule has 1 aromatic heterocycles. The number of nitrogens with zero attached hydrogens (tertiary/aromatic N) is 2. The molecule has 0 amide bonds. The fourth-order valence-electron chi connectivity index (χ4n) is 6.63. The molecule has 9 aromatic rings. The van der Waals surface area contributed by atoms with Crippen molar-refractivity contribution in [3.63, 3.8) is 0 Å². The zero-order valence-corrected chi connectivity index (χ0v) is 24.9.